The minimum absolute atomic E-state index is 0.128. The molecule has 1 heterocycles. The van der Waals surface area contributed by atoms with E-state index in [9.17, 15) is 4.79 Å². The quantitative estimate of drug-likeness (QED) is 0.806. The van der Waals surface area contributed by atoms with E-state index < -0.39 is 0 Å². The second kappa shape index (κ2) is 6.78. The molecule has 2 rings (SSSR count). The van der Waals surface area contributed by atoms with Crippen molar-refractivity contribution in [1.82, 2.24) is 4.90 Å². The van der Waals surface area contributed by atoms with Crippen LogP contribution in [0.25, 0.3) is 0 Å². The molecule has 0 radical (unpaired) electrons. The molecule has 0 spiro atoms. The molecule has 1 aliphatic rings. The van der Waals surface area contributed by atoms with Crippen LogP contribution >= 0.6 is 0 Å². The number of carbonyl (C=O) groups is 1. The highest BCUT2D eigenvalue weighted by Crippen LogP contribution is 2.25. The second-order valence-corrected chi connectivity index (χ2v) is 6.01. The van der Waals surface area contributed by atoms with E-state index in [1.807, 2.05) is 30.0 Å². The van der Waals surface area contributed by atoms with Gasteiger partial charge in [0.05, 0.1) is 6.54 Å². The van der Waals surface area contributed by atoms with Gasteiger partial charge in [-0.2, -0.15) is 0 Å². The van der Waals surface area contributed by atoms with Gasteiger partial charge < -0.3 is 10.6 Å². The van der Waals surface area contributed by atoms with Crippen molar-refractivity contribution in [2.24, 2.45) is 11.7 Å². The van der Waals surface area contributed by atoms with Gasteiger partial charge in [0.2, 0.25) is 0 Å². The van der Waals surface area contributed by atoms with E-state index in [1.54, 1.807) is 0 Å². The molecule has 1 amide bonds. The third-order valence-corrected chi connectivity index (χ3v) is 4.20. The Bertz CT molecular complexity index is 583. The molecule has 1 aliphatic heterocycles. The second-order valence-electron chi connectivity index (χ2n) is 6.01. The molecule has 3 nitrogen and oxygen atoms in total. The van der Waals surface area contributed by atoms with E-state index in [4.69, 9.17) is 5.73 Å². The lowest BCUT2D eigenvalue weighted by molar-refractivity contribution is 0.0588. The average Bonchev–Trinajstić information content (AvgIpc) is 2.46. The van der Waals surface area contributed by atoms with Crippen molar-refractivity contribution >= 4 is 5.91 Å². The number of hydrogen-bond acceptors (Lipinski definition) is 2. The summed E-state index contributed by atoms with van der Waals surface area (Å²) >= 11 is 0. The highest BCUT2D eigenvalue weighted by atomic mass is 16.2. The first-order valence-electron chi connectivity index (χ1n) is 7.63. The Morgan fingerprint density at radius 2 is 2.19 bits per heavy atom. The van der Waals surface area contributed by atoms with Gasteiger partial charge in [0.25, 0.3) is 5.91 Å². The van der Waals surface area contributed by atoms with Crippen molar-refractivity contribution in [2.45, 2.75) is 39.7 Å². The summed E-state index contributed by atoms with van der Waals surface area (Å²) in [5.74, 6) is 6.67. The Labute approximate surface area is 127 Å². The summed E-state index contributed by atoms with van der Waals surface area (Å²) in [7, 11) is 0. The fraction of sp³-hybridized carbons (Fsp3) is 0.500. The molecule has 2 N–H and O–H groups in total. The van der Waals surface area contributed by atoms with Gasteiger partial charge in [0.1, 0.15) is 0 Å². The monoisotopic (exact) mass is 284 g/mol. The minimum atomic E-state index is 0.128. The molecule has 3 heteroatoms. The molecule has 1 saturated heterocycles. The fourth-order valence-electron chi connectivity index (χ4n) is 2.95. The van der Waals surface area contributed by atoms with Gasteiger partial charge in [0, 0.05) is 23.7 Å². The molecule has 0 aliphatic carbocycles. The van der Waals surface area contributed by atoms with Gasteiger partial charge in [0.15, 0.2) is 0 Å². The van der Waals surface area contributed by atoms with Crippen LogP contribution in [0, 0.1) is 24.7 Å². The molecule has 112 valence electrons. The van der Waals surface area contributed by atoms with E-state index in [-0.39, 0.29) is 5.91 Å². The molecule has 21 heavy (non-hydrogen) atoms. The fourth-order valence-corrected chi connectivity index (χ4v) is 2.95. The number of carbonyl (C=O) groups excluding carboxylic acids is 1. The summed E-state index contributed by atoms with van der Waals surface area (Å²) in [6.45, 7) is 7.55. The predicted octanol–water partition coefficient (Wildman–Crippen LogP) is 2.57. The van der Waals surface area contributed by atoms with Crippen LogP contribution < -0.4 is 5.73 Å². The van der Waals surface area contributed by atoms with Crippen molar-refractivity contribution in [3.05, 3.63) is 34.9 Å². The zero-order chi connectivity index (χ0) is 15.4. The molecule has 2 atom stereocenters. The molecule has 1 fully saturated rings. The average molecular weight is 284 g/mol. The molecular formula is C18H24N2O. The number of nitrogens with zero attached hydrogens (tertiary/aromatic N) is 1. The highest BCUT2D eigenvalue weighted by molar-refractivity contribution is 5.96. The number of benzene rings is 1. The van der Waals surface area contributed by atoms with Crippen LogP contribution in [-0.2, 0) is 0 Å². The Hall–Kier alpha value is -1.79. The number of rotatable bonds is 1. The lowest BCUT2D eigenvalue weighted by atomic mass is 9.92. The summed E-state index contributed by atoms with van der Waals surface area (Å²) < 4.78 is 0. The number of likely N-dealkylation sites (tertiary alicyclic amines) is 1. The van der Waals surface area contributed by atoms with E-state index in [1.165, 1.54) is 0 Å². The van der Waals surface area contributed by atoms with Crippen LogP contribution in [0.1, 0.15) is 48.2 Å². The van der Waals surface area contributed by atoms with Gasteiger partial charge in [-0.3, -0.25) is 4.79 Å². The maximum Gasteiger partial charge on any atom is 0.254 e. The van der Waals surface area contributed by atoms with Gasteiger partial charge in [-0.05, 0) is 50.3 Å². The zero-order valence-corrected chi connectivity index (χ0v) is 13.1. The Morgan fingerprint density at radius 1 is 1.43 bits per heavy atom. The van der Waals surface area contributed by atoms with Gasteiger partial charge in [-0.25, -0.2) is 0 Å². The smallest absolute Gasteiger partial charge is 0.254 e. The third-order valence-electron chi connectivity index (χ3n) is 4.20. The number of aryl methyl sites for hydroxylation is 1. The van der Waals surface area contributed by atoms with Crippen LogP contribution in [0.4, 0.5) is 0 Å². The Balaban J connectivity index is 2.26. The van der Waals surface area contributed by atoms with Gasteiger partial charge in [-0.1, -0.05) is 24.8 Å². The molecule has 0 aromatic heterocycles. The zero-order valence-electron chi connectivity index (χ0n) is 13.1. The van der Waals surface area contributed by atoms with Crippen molar-refractivity contribution in [3.63, 3.8) is 0 Å². The van der Waals surface area contributed by atoms with Crippen LogP contribution in [0.2, 0.25) is 0 Å². The van der Waals surface area contributed by atoms with E-state index in [0.717, 1.165) is 36.1 Å². The van der Waals surface area contributed by atoms with E-state index in [0.29, 0.717) is 18.5 Å². The first-order valence-corrected chi connectivity index (χ1v) is 7.63. The molecular weight excluding hydrogens is 260 g/mol. The molecule has 1 aromatic rings. The largest absolute Gasteiger partial charge is 0.336 e. The van der Waals surface area contributed by atoms with E-state index in [2.05, 4.69) is 25.7 Å². The standard InChI is InChI=1S/C18H24N2O/c1-13-8-10-20(15(3)11-13)18(21)17-12-16(5-4-9-19)7-6-14(17)2/h6-7,12-13,15H,8-11,19H2,1-3H3. The van der Waals surface area contributed by atoms with Crippen LogP contribution in [0.3, 0.4) is 0 Å². The summed E-state index contributed by atoms with van der Waals surface area (Å²) in [4.78, 5) is 14.8. The Kier molecular flexibility index (Phi) is 5.03. The van der Waals surface area contributed by atoms with Crippen molar-refractivity contribution in [3.8, 4) is 11.8 Å². The van der Waals surface area contributed by atoms with Gasteiger partial charge >= 0.3 is 0 Å². The molecule has 0 bridgehead atoms. The van der Waals surface area contributed by atoms with Crippen molar-refractivity contribution < 1.29 is 4.79 Å². The van der Waals surface area contributed by atoms with Crippen LogP contribution in [-0.4, -0.2) is 29.9 Å². The molecule has 0 saturated carbocycles. The van der Waals surface area contributed by atoms with Gasteiger partial charge in [-0.15, -0.1) is 0 Å². The lowest BCUT2D eigenvalue weighted by Gasteiger charge is -2.36. The summed E-state index contributed by atoms with van der Waals surface area (Å²) in [6, 6.07) is 6.10. The maximum absolute atomic E-state index is 12.8. The molecule has 1 aromatic carbocycles. The third kappa shape index (κ3) is 3.65. The minimum Gasteiger partial charge on any atom is -0.336 e. The summed E-state index contributed by atoms with van der Waals surface area (Å²) in [5.41, 5.74) is 8.03. The van der Waals surface area contributed by atoms with Crippen LogP contribution in [0.5, 0.6) is 0 Å². The SMILES string of the molecule is Cc1ccc(C#CCN)cc1C(=O)N1CCC(C)CC1C. The number of hydrogen-bond donors (Lipinski definition) is 1. The molecule has 2 unspecified atom stereocenters. The normalized spacial score (nSPS) is 21.6. The Morgan fingerprint density at radius 3 is 2.86 bits per heavy atom. The first kappa shape index (κ1) is 15.6. The first-order chi connectivity index (χ1) is 10.0. The van der Waals surface area contributed by atoms with Crippen molar-refractivity contribution in [2.75, 3.05) is 13.1 Å². The number of amides is 1. The van der Waals surface area contributed by atoms with Crippen molar-refractivity contribution in [1.29, 1.82) is 0 Å². The summed E-state index contributed by atoms with van der Waals surface area (Å²) in [5, 5.41) is 0. The topological polar surface area (TPSA) is 46.3 Å². The van der Waals surface area contributed by atoms with Crippen LogP contribution in [0.15, 0.2) is 18.2 Å². The predicted molar refractivity (Wildman–Crippen MR) is 86.0 cm³/mol. The summed E-state index contributed by atoms with van der Waals surface area (Å²) in [6.07, 6.45) is 2.17. The highest BCUT2D eigenvalue weighted by Gasteiger charge is 2.28. The lowest BCUT2D eigenvalue weighted by Crippen LogP contribution is -2.44. The number of nitrogens with two attached hydrogens (primary N) is 1. The maximum atomic E-state index is 12.8. The van der Waals surface area contributed by atoms with E-state index >= 15 is 0 Å². The number of piperidine rings is 1.